The highest BCUT2D eigenvalue weighted by Gasteiger charge is 2.29. The molecular weight excluding hydrogens is 292 g/mol. The second-order valence-corrected chi connectivity index (χ2v) is 5.81. The first kappa shape index (κ1) is 11.9. The number of hydrogen-bond donors (Lipinski definition) is 1. The van der Waals surface area contributed by atoms with Gasteiger partial charge in [0.2, 0.25) is 0 Å². The van der Waals surface area contributed by atoms with Crippen molar-refractivity contribution in [1.82, 2.24) is 9.88 Å². The van der Waals surface area contributed by atoms with E-state index < -0.39 is 0 Å². The molecule has 94 valence electrons. The third kappa shape index (κ3) is 1.89. The number of nitrogens with zero attached hydrogens (tertiary/aromatic N) is 1. The SMILES string of the molecule is CN1CCC[C@H]1C(=O)c1c[nH]c2ccc(Br)cc12. The molecule has 3 nitrogen and oxygen atoms in total. The predicted octanol–water partition coefficient (Wildman–Crippen LogP) is 3.21. The van der Waals surface area contributed by atoms with E-state index >= 15 is 0 Å². The first-order valence-electron chi connectivity index (χ1n) is 6.18. The summed E-state index contributed by atoms with van der Waals surface area (Å²) >= 11 is 3.46. The summed E-state index contributed by atoms with van der Waals surface area (Å²) in [5.41, 5.74) is 1.83. The molecule has 0 spiro atoms. The molecule has 1 atom stereocenters. The summed E-state index contributed by atoms with van der Waals surface area (Å²) in [6.07, 6.45) is 3.92. The standard InChI is InChI=1S/C14H15BrN2O/c1-17-6-2-3-13(17)14(18)11-8-16-12-5-4-9(15)7-10(11)12/h4-5,7-8,13,16H,2-3,6H2,1H3/t13-/m0/s1. The predicted molar refractivity (Wildman–Crippen MR) is 76.0 cm³/mol. The van der Waals surface area contributed by atoms with Gasteiger partial charge in [-0.2, -0.15) is 0 Å². The number of Topliss-reactive ketones (excluding diaryl/α,β-unsaturated/α-hetero) is 1. The van der Waals surface area contributed by atoms with Gasteiger partial charge in [0.05, 0.1) is 6.04 Å². The van der Waals surface area contributed by atoms with Gasteiger partial charge >= 0.3 is 0 Å². The fourth-order valence-corrected chi connectivity index (χ4v) is 3.08. The Morgan fingerprint density at radius 3 is 3.06 bits per heavy atom. The summed E-state index contributed by atoms with van der Waals surface area (Å²) in [5, 5.41) is 1.01. The lowest BCUT2D eigenvalue weighted by molar-refractivity contribution is 0.0892. The fourth-order valence-electron chi connectivity index (χ4n) is 2.72. The van der Waals surface area contributed by atoms with Crippen LogP contribution in [-0.2, 0) is 0 Å². The van der Waals surface area contributed by atoms with Crippen LogP contribution in [-0.4, -0.2) is 35.3 Å². The average molecular weight is 307 g/mol. The second kappa shape index (κ2) is 4.52. The zero-order valence-corrected chi connectivity index (χ0v) is 11.8. The van der Waals surface area contributed by atoms with Crippen molar-refractivity contribution in [3.63, 3.8) is 0 Å². The summed E-state index contributed by atoms with van der Waals surface area (Å²) in [4.78, 5) is 17.9. The second-order valence-electron chi connectivity index (χ2n) is 4.90. The third-order valence-corrected chi connectivity index (χ3v) is 4.23. The fraction of sp³-hybridized carbons (Fsp3) is 0.357. The highest BCUT2D eigenvalue weighted by Crippen LogP contribution is 2.26. The van der Waals surface area contributed by atoms with E-state index in [1.54, 1.807) is 0 Å². The number of aromatic amines is 1. The lowest BCUT2D eigenvalue weighted by Crippen LogP contribution is -2.32. The molecule has 1 fully saturated rings. The van der Waals surface area contributed by atoms with Gasteiger partial charge in [0.25, 0.3) is 0 Å². The molecule has 4 heteroatoms. The van der Waals surface area contributed by atoms with Crippen LogP contribution < -0.4 is 0 Å². The molecule has 1 aliphatic rings. The van der Waals surface area contributed by atoms with Crippen LogP contribution in [0.3, 0.4) is 0 Å². The van der Waals surface area contributed by atoms with Crippen molar-refractivity contribution in [1.29, 1.82) is 0 Å². The van der Waals surface area contributed by atoms with Gasteiger partial charge in [-0.3, -0.25) is 9.69 Å². The van der Waals surface area contributed by atoms with E-state index in [0.717, 1.165) is 40.3 Å². The van der Waals surface area contributed by atoms with Crippen LogP contribution in [0.1, 0.15) is 23.2 Å². The van der Waals surface area contributed by atoms with Crippen LogP contribution in [0, 0.1) is 0 Å². The molecule has 1 aromatic heterocycles. The molecule has 3 rings (SSSR count). The van der Waals surface area contributed by atoms with Crippen LogP contribution in [0.25, 0.3) is 10.9 Å². The maximum Gasteiger partial charge on any atom is 0.182 e. The number of nitrogens with one attached hydrogen (secondary N) is 1. The van der Waals surface area contributed by atoms with Crippen molar-refractivity contribution in [3.05, 3.63) is 34.4 Å². The molecule has 0 saturated carbocycles. The number of rotatable bonds is 2. The highest BCUT2D eigenvalue weighted by molar-refractivity contribution is 9.10. The largest absolute Gasteiger partial charge is 0.360 e. The molecule has 0 bridgehead atoms. The summed E-state index contributed by atoms with van der Waals surface area (Å²) < 4.78 is 1.00. The van der Waals surface area contributed by atoms with Crippen LogP contribution in [0.5, 0.6) is 0 Å². The quantitative estimate of drug-likeness (QED) is 0.865. The maximum atomic E-state index is 12.6. The minimum Gasteiger partial charge on any atom is -0.360 e. The van der Waals surface area contributed by atoms with E-state index in [4.69, 9.17) is 0 Å². The zero-order chi connectivity index (χ0) is 12.7. The highest BCUT2D eigenvalue weighted by atomic mass is 79.9. The molecule has 1 N–H and O–H groups in total. The Labute approximate surface area is 114 Å². The van der Waals surface area contributed by atoms with Crippen LogP contribution in [0.2, 0.25) is 0 Å². The Bertz CT molecular complexity index is 605. The normalized spacial score (nSPS) is 20.7. The Morgan fingerprint density at radius 2 is 2.33 bits per heavy atom. The minimum absolute atomic E-state index is 0.0444. The number of halogens is 1. The number of likely N-dealkylation sites (tertiary alicyclic amines) is 1. The van der Waals surface area contributed by atoms with Crippen molar-refractivity contribution in [2.24, 2.45) is 0 Å². The van der Waals surface area contributed by atoms with E-state index in [0.29, 0.717) is 0 Å². The Balaban J connectivity index is 2.03. The first-order valence-corrected chi connectivity index (χ1v) is 6.97. The number of ketones is 1. The van der Waals surface area contributed by atoms with E-state index in [-0.39, 0.29) is 11.8 Å². The van der Waals surface area contributed by atoms with Gasteiger partial charge in [-0.15, -0.1) is 0 Å². The molecule has 1 aromatic carbocycles. The molecule has 18 heavy (non-hydrogen) atoms. The maximum absolute atomic E-state index is 12.6. The van der Waals surface area contributed by atoms with Crippen molar-refractivity contribution in [2.45, 2.75) is 18.9 Å². The number of likely N-dealkylation sites (N-methyl/N-ethyl adjacent to an activating group) is 1. The van der Waals surface area contributed by atoms with Crippen molar-refractivity contribution in [2.75, 3.05) is 13.6 Å². The Hall–Kier alpha value is -1.13. The number of carbonyl (C=O) groups is 1. The zero-order valence-electron chi connectivity index (χ0n) is 10.2. The molecule has 2 heterocycles. The molecule has 1 aliphatic heterocycles. The number of hydrogen-bond acceptors (Lipinski definition) is 2. The van der Waals surface area contributed by atoms with Crippen LogP contribution in [0.4, 0.5) is 0 Å². The Kier molecular flexibility index (Phi) is 2.99. The Morgan fingerprint density at radius 1 is 1.50 bits per heavy atom. The smallest absolute Gasteiger partial charge is 0.182 e. The van der Waals surface area contributed by atoms with E-state index in [1.807, 2.05) is 31.4 Å². The molecule has 1 saturated heterocycles. The lowest BCUT2D eigenvalue weighted by atomic mass is 10.0. The van der Waals surface area contributed by atoms with Gasteiger partial charge < -0.3 is 4.98 Å². The molecule has 0 radical (unpaired) electrons. The van der Waals surface area contributed by atoms with Crippen LogP contribution in [0.15, 0.2) is 28.9 Å². The number of aromatic nitrogens is 1. The average Bonchev–Trinajstić information content (AvgIpc) is 2.94. The molecule has 2 aromatic rings. The minimum atomic E-state index is 0.0444. The summed E-state index contributed by atoms with van der Waals surface area (Å²) in [7, 11) is 2.03. The van der Waals surface area contributed by atoms with E-state index in [9.17, 15) is 4.79 Å². The van der Waals surface area contributed by atoms with Crippen LogP contribution >= 0.6 is 15.9 Å². The number of benzene rings is 1. The van der Waals surface area contributed by atoms with Gasteiger partial charge in [0, 0.05) is 27.1 Å². The third-order valence-electron chi connectivity index (χ3n) is 3.73. The van der Waals surface area contributed by atoms with Gasteiger partial charge in [-0.05, 0) is 44.6 Å². The first-order chi connectivity index (χ1) is 8.66. The molecule has 0 aliphatic carbocycles. The summed E-state index contributed by atoms with van der Waals surface area (Å²) in [6.45, 7) is 1.02. The summed E-state index contributed by atoms with van der Waals surface area (Å²) in [5.74, 6) is 0.236. The van der Waals surface area contributed by atoms with Crippen molar-refractivity contribution < 1.29 is 4.79 Å². The number of carbonyl (C=O) groups excluding carboxylic acids is 1. The van der Waals surface area contributed by atoms with Crippen molar-refractivity contribution >= 4 is 32.6 Å². The molecule has 0 unspecified atom stereocenters. The lowest BCUT2D eigenvalue weighted by Gasteiger charge is -2.17. The van der Waals surface area contributed by atoms with E-state index in [1.165, 1.54) is 0 Å². The number of fused-ring (bicyclic) bond motifs is 1. The topological polar surface area (TPSA) is 36.1 Å². The molecular formula is C14H15BrN2O. The molecule has 0 amide bonds. The van der Waals surface area contributed by atoms with Gasteiger partial charge in [0.1, 0.15) is 0 Å². The summed E-state index contributed by atoms with van der Waals surface area (Å²) in [6, 6.07) is 6.03. The van der Waals surface area contributed by atoms with Gasteiger partial charge in [-0.25, -0.2) is 0 Å². The monoisotopic (exact) mass is 306 g/mol. The van der Waals surface area contributed by atoms with Gasteiger partial charge in [-0.1, -0.05) is 15.9 Å². The number of H-pyrrole nitrogens is 1. The van der Waals surface area contributed by atoms with Gasteiger partial charge in [0.15, 0.2) is 5.78 Å². The van der Waals surface area contributed by atoms with Crippen molar-refractivity contribution in [3.8, 4) is 0 Å². The van der Waals surface area contributed by atoms with E-state index in [2.05, 4.69) is 25.8 Å².